The van der Waals surface area contributed by atoms with Crippen molar-refractivity contribution in [2.45, 2.75) is 36.9 Å². The molecule has 138 valence electrons. The Labute approximate surface area is 148 Å². The van der Waals surface area contributed by atoms with Crippen LogP contribution in [0.4, 0.5) is 0 Å². The highest BCUT2D eigenvalue weighted by atomic mass is 16.5. The fourth-order valence-electron chi connectivity index (χ4n) is 4.56. The smallest absolute Gasteiger partial charge is 0.243 e. The molecule has 2 aliphatic heterocycles. The minimum absolute atomic E-state index is 0.156. The monoisotopic (exact) mass is 348 g/mol. The maximum Gasteiger partial charge on any atom is 0.243 e. The molecule has 0 radical (unpaired) electrons. The van der Waals surface area contributed by atoms with Crippen LogP contribution in [0.1, 0.15) is 25.3 Å². The van der Waals surface area contributed by atoms with Gasteiger partial charge in [0.2, 0.25) is 5.91 Å². The van der Waals surface area contributed by atoms with E-state index in [4.69, 9.17) is 4.74 Å². The Bertz CT molecular complexity index is 594. The van der Waals surface area contributed by atoms with Gasteiger partial charge in [0.05, 0.1) is 31.5 Å². The average Bonchev–Trinajstić information content (AvgIpc) is 3.24. The van der Waals surface area contributed by atoms with Gasteiger partial charge in [-0.2, -0.15) is 0 Å². The molecule has 1 aromatic heterocycles. The maximum atomic E-state index is 13.5. The molecule has 8 heteroatoms. The van der Waals surface area contributed by atoms with Gasteiger partial charge in [-0.25, -0.2) is 4.68 Å². The van der Waals surface area contributed by atoms with Crippen molar-refractivity contribution in [1.29, 1.82) is 0 Å². The quantitative estimate of drug-likeness (QED) is 0.754. The minimum atomic E-state index is -0.294. The predicted molar refractivity (Wildman–Crippen MR) is 92.1 cm³/mol. The zero-order chi connectivity index (χ0) is 17.4. The second-order valence-electron chi connectivity index (χ2n) is 7.68. The van der Waals surface area contributed by atoms with Crippen molar-refractivity contribution < 1.29 is 9.53 Å². The highest BCUT2D eigenvalue weighted by molar-refractivity contribution is 5.87. The Morgan fingerprint density at radius 3 is 2.56 bits per heavy atom. The summed E-state index contributed by atoms with van der Waals surface area (Å²) in [4.78, 5) is 20.1. The third-order valence-corrected chi connectivity index (χ3v) is 6.19. The number of carbonyl (C=O) groups excluding carboxylic acids is 1. The number of hydrogen-bond donors (Lipinski definition) is 0. The zero-order valence-electron chi connectivity index (χ0n) is 15.2. The number of likely N-dealkylation sites (N-methyl/N-ethyl adjacent to an activating group) is 1. The number of hydrogen-bond acceptors (Lipinski definition) is 6. The molecule has 2 atom stereocenters. The van der Waals surface area contributed by atoms with Gasteiger partial charge in [0, 0.05) is 32.4 Å². The van der Waals surface area contributed by atoms with Gasteiger partial charge in [0.15, 0.2) is 0 Å². The summed E-state index contributed by atoms with van der Waals surface area (Å²) in [6.45, 7) is 4.65. The second-order valence-corrected chi connectivity index (χ2v) is 7.68. The molecule has 3 fully saturated rings. The standard InChI is InChI=1S/C17H28N6O2/c1-20(2)14-12-21(13-15(14)23-7-6-18-19-23)16(24)17(4-3-5-17)22-8-10-25-11-9-22/h6-7,14-15H,3-5,8-13H2,1-2H3/t14-,15+/m1/s1. The van der Waals surface area contributed by atoms with Crippen molar-refractivity contribution in [2.24, 2.45) is 0 Å². The van der Waals surface area contributed by atoms with E-state index in [1.54, 1.807) is 6.20 Å². The maximum absolute atomic E-state index is 13.5. The summed E-state index contributed by atoms with van der Waals surface area (Å²) >= 11 is 0. The molecule has 3 heterocycles. The van der Waals surface area contributed by atoms with Crippen molar-refractivity contribution in [1.82, 2.24) is 29.7 Å². The van der Waals surface area contributed by atoms with Crippen molar-refractivity contribution in [3.63, 3.8) is 0 Å². The summed E-state index contributed by atoms with van der Waals surface area (Å²) in [5, 5.41) is 8.13. The fraction of sp³-hybridized carbons (Fsp3) is 0.824. The molecule has 0 aromatic carbocycles. The van der Waals surface area contributed by atoms with Crippen LogP contribution in [0.2, 0.25) is 0 Å². The van der Waals surface area contributed by atoms with Crippen LogP contribution in [0.3, 0.4) is 0 Å². The molecule has 4 rings (SSSR count). The summed E-state index contributed by atoms with van der Waals surface area (Å²) in [6.07, 6.45) is 6.70. The molecule has 1 saturated carbocycles. The molecule has 25 heavy (non-hydrogen) atoms. The Balaban J connectivity index is 1.53. The first kappa shape index (κ1) is 16.9. The van der Waals surface area contributed by atoms with E-state index in [0.29, 0.717) is 12.5 Å². The molecule has 1 aliphatic carbocycles. The number of likely N-dealkylation sites (tertiary alicyclic amines) is 1. The van der Waals surface area contributed by atoms with Gasteiger partial charge in [-0.05, 0) is 33.4 Å². The summed E-state index contributed by atoms with van der Waals surface area (Å²) in [5.74, 6) is 0.301. The lowest BCUT2D eigenvalue weighted by Crippen LogP contribution is -2.65. The largest absolute Gasteiger partial charge is 0.379 e. The van der Waals surface area contributed by atoms with E-state index in [0.717, 1.165) is 52.1 Å². The first-order chi connectivity index (χ1) is 12.1. The van der Waals surface area contributed by atoms with Crippen molar-refractivity contribution in [2.75, 3.05) is 53.5 Å². The topological polar surface area (TPSA) is 66.7 Å². The average molecular weight is 348 g/mol. The summed E-state index contributed by atoms with van der Waals surface area (Å²) in [6, 6.07) is 0.413. The minimum Gasteiger partial charge on any atom is -0.379 e. The van der Waals surface area contributed by atoms with Gasteiger partial charge in [0.1, 0.15) is 5.54 Å². The number of carbonyl (C=O) groups is 1. The van der Waals surface area contributed by atoms with Gasteiger partial charge in [0.25, 0.3) is 0 Å². The van der Waals surface area contributed by atoms with Crippen LogP contribution >= 0.6 is 0 Å². The number of morpholine rings is 1. The zero-order valence-corrected chi connectivity index (χ0v) is 15.2. The van der Waals surface area contributed by atoms with E-state index < -0.39 is 0 Å². The summed E-state index contributed by atoms with van der Waals surface area (Å²) < 4.78 is 7.39. The van der Waals surface area contributed by atoms with Crippen molar-refractivity contribution >= 4 is 5.91 Å². The normalized spacial score (nSPS) is 29.8. The Morgan fingerprint density at radius 1 is 1.24 bits per heavy atom. The van der Waals surface area contributed by atoms with E-state index >= 15 is 0 Å². The molecule has 8 nitrogen and oxygen atoms in total. The molecule has 1 amide bonds. The van der Waals surface area contributed by atoms with Crippen molar-refractivity contribution in [3.05, 3.63) is 12.4 Å². The first-order valence-electron chi connectivity index (χ1n) is 9.26. The lowest BCUT2D eigenvalue weighted by molar-refractivity contribution is -0.155. The number of amides is 1. The SMILES string of the molecule is CN(C)[C@@H]1CN(C(=O)C2(N3CCOCC3)CCC2)C[C@@H]1n1ccnn1. The van der Waals surface area contributed by atoms with E-state index in [9.17, 15) is 4.79 Å². The summed E-state index contributed by atoms with van der Waals surface area (Å²) in [5.41, 5.74) is -0.294. The predicted octanol–water partition coefficient (Wildman–Crippen LogP) is -0.153. The third kappa shape index (κ3) is 2.86. The first-order valence-corrected chi connectivity index (χ1v) is 9.26. The molecule has 1 aromatic rings. The molecule has 3 aliphatic rings. The van der Waals surface area contributed by atoms with Crippen molar-refractivity contribution in [3.8, 4) is 0 Å². The third-order valence-electron chi connectivity index (χ3n) is 6.19. The van der Waals surface area contributed by atoms with Gasteiger partial charge in [-0.15, -0.1) is 5.10 Å². The van der Waals surface area contributed by atoms with Gasteiger partial charge in [-0.1, -0.05) is 5.21 Å². The Morgan fingerprint density at radius 2 is 2.00 bits per heavy atom. The Kier molecular flexibility index (Phi) is 4.51. The molecule has 0 spiro atoms. The molecular formula is C17H28N6O2. The molecule has 0 bridgehead atoms. The Hall–Kier alpha value is -1.51. The fourth-order valence-corrected chi connectivity index (χ4v) is 4.56. The van der Waals surface area contributed by atoms with Crippen LogP contribution in [-0.2, 0) is 9.53 Å². The second kappa shape index (κ2) is 6.66. The lowest BCUT2D eigenvalue weighted by Gasteiger charge is -2.51. The van der Waals surface area contributed by atoms with Crippen LogP contribution in [0.25, 0.3) is 0 Å². The molecule has 2 saturated heterocycles. The highest BCUT2D eigenvalue weighted by Gasteiger charge is 2.53. The van der Waals surface area contributed by atoms with E-state index in [2.05, 4.69) is 39.1 Å². The number of aromatic nitrogens is 3. The highest BCUT2D eigenvalue weighted by Crippen LogP contribution is 2.41. The van der Waals surface area contributed by atoms with E-state index in [-0.39, 0.29) is 17.6 Å². The number of rotatable bonds is 4. The van der Waals surface area contributed by atoms with Crippen LogP contribution < -0.4 is 0 Å². The van der Waals surface area contributed by atoms with Crippen LogP contribution in [0.5, 0.6) is 0 Å². The lowest BCUT2D eigenvalue weighted by atomic mass is 9.74. The molecule has 0 unspecified atom stereocenters. The van der Waals surface area contributed by atoms with E-state index in [1.165, 1.54) is 0 Å². The van der Waals surface area contributed by atoms with Crippen LogP contribution in [-0.4, -0.2) is 101 Å². The van der Waals surface area contributed by atoms with E-state index in [1.807, 2.05) is 10.9 Å². The molecule has 0 N–H and O–H groups in total. The van der Waals surface area contributed by atoms with Gasteiger partial charge >= 0.3 is 0 Å². The number of nitrogens with zero attached hydrogens (tertiary/aromatic N) is 6. The van der Waals surface area contributed by atoms with Gasteiger partial charge < -0.3 is 14.5 Å². The number of ether oxygens (including phenoxy) is 1. The van der Waals surface area contributed by atoms with Crippen LogP contribution in [0.15, 0.2) is 12.4 Å². The van der Waals surface area contributed by atoms with Gasteiger partial charge in [-0.3, -0.25) is 9.69 Å². The molecular weight excluding hydrogens is 320 g/mol. The summed E-state index contributed by atoms with van der Waals surface area (Å²) in [7, 11) is 4.15. The van der Waals surface area contributed by atoms with Crippen LogP contribution in [0, 0.1) is 0 Å².